The van der Waals surface area contributed by atoms with Crippen LogP contribution in [-0.4, -0.2) is 49.1 Å². The quantitative estimate of drug-likeness (QED) is 0.738. The molecule has 0 bridgehead atoms. The van der Waals surface area contributed by atoms with Gasteiger partial charge in [-0.25, -0.2) is 0 Å². The summed E-state index contributed by atoms with van der Waals surface area (Å²) in [5.41, 5.74) is 0. The van der Waals surface area contributed by atoms with E-state index in [0.29, 0.717) is 24.5 Å². The van der Waals surface area contributed by atoms with Gasteiger partial charge in [0, 0.05) is 25.2 Å². The zero-order valence-corrected chi connectivity index (χ0v) is 13.0. The lowest BCUT2D eigenvalue weighted by Gasteiger charge is -2.32. The van der Waals surface area contributed by atoms with Gasteiger partial charge in [-0.05, 0) is 39.2 Å². The molecule has 1 saturated heterocycles. The van der Waals surface area contributed by atoms with Crippen LogP contribution in [0, 0.1) is 5.92 Å². The van der Waals surface area contributed by atoms with Gasteiger partial charge in [0.15, 0.2) is 0 Å². The third-order valence-electron chi connectivity index (χ3n) is 3.65. The second-order valence-electron chi connectivity index (χ2n) is 6.37. The van der Waals surface area contributed by atoms with Gasteiger partial charge in [-0.3, -0.25) is 9.69 Å². The highest BCUT2D eigenvalue weighted by Gasteiger charge is 2.20. The van der Waals surface area contributed by atoms with Crippen LogP contribution in [-0.2, 0) is 4.79 Å². The highest BCUT2D eigenvalue weighted by atomic mass is 16.2. The van der Waals surface area contributed by atoms with E-state index in [2.05, 4.69) is 43.2 Å². The van der Waals surface area contributed by atoms with Crippen molar-refractivity contribution in [1.29, 1.82) is 0 Å². The van der Waals surface area contributed by atoms with Crippen molar-refractivity contribution in [3.8, 4) is 0 Å². The Kier molecular flexibility index (Phi) is 7.39. The van der Waals surface area contributed by atoms with Crippen molar-refractivity contribution in [1.82, 2.24) is 15.5 Å². The van der Waals surface area contributed by atoms with Crippen LogP contribution in [0.15, 0.2) is 0 Å². The van der Waals surface area contributed by atoms with Crippen molar-refractivity contribution >= 4 is 5.91 Å². The molecule has 19 heavy (non-hydrogen) atoms. The minimum atomic E-state index is 0.151. The van der Waals surface area contributed by atoms with Crippen LogP contribution < -0.4 is 10.6 Å². The maximum atomic E-state index is 11.9. The Labute approximate surface area is 118 Å². The van der Waals surface area contributed by atoms with Crippen molar-refractivity contribution in [3.63, 3.8) is 0 Å². The van der Waals surface area contributed by atoms with Crippen LogP contribution in [0.1, 0.15) is 47.0 Å². The zero-order valence-electron chi connectivity index (χ0n) is 13.0. The molecule has 1 fully saturated rings. The number of rotatable bonds is 7. The first-order valence-corrected chi connectivity index (χ1v) is 7.73. The lowest BCUT2D eigenvalue weighted by atomic mass is 10.0. The van der Waals surface area contributed by atoms with Gasteiger partial charge in [-0.1, -0.05) is 20.3 Å². The van der Waals surface area contributed by atoms with E-state index in [0.717, 1.165) is 19.6 Å². The molecule has 112 valence electrons. The van der Waals surface area contributed by atoms with Crippen LogP contribution in [0.5, 0.6) is 0 Å². The van der Waals surface area contributed by atoms with E-state index in [4.69, 9.17) is 0 Å². The largest absolute Gasteiger partial charge is 0.355 e. The van der Waals surface area contributed by atoms with E-state index < -0.39 is 0 Å². The van der Waals surface area contributed by atoms with Gasteiger partial charge in [0.2, 0.25) is 5.91 Å². The van der Waals surface area contributed by atoms with Crippen LogP contribution in [0.2, 0.25) is 0 Å². The predicted molar refractivity (Wildman–Crippen MR) is 80.2 cm³/mol. The summed E-state index contributed by atoms with van der Waals surface area (Å²) in [4.78, 5) is 14.2. The van der Waals surface area contributed by atoms with Crippen LogP contribution in [0.4, 0.5) is 0 Å². The van der Waals surface area contributed by atoms with E-state index >= 15 is 0 Å². The monoisotopic (exact) mass is 269 g/mol. The Morgan fingerprint density at radius 2 is 2.05 bits per heavy atom. The summed E-state index contributed by atoms with van der Waals surface area (Å²) in [7, 11) is 0. The molecule has 4 nitrogen and oxygen atoms in total. The number of nitrogens with zero attached hydrogens (tertiary/aromatic N) is 1. The van der Waals surface area contributed by atoms with Gasteiger partial charge in [0.25, 0.3) is 0 Å². The predicted octanol–water partition coefficient (Wildman–Crippen LogP) is 1.61. The lowest BCUT2D eigenvalue weighted by molar-refractivity contribution is -0.122. The van der Waals surface area contributed by atoms with Crippen LogP contribution in [0.3, 0.4) is 0 Å². The third-order valence-corrected chi connectivity index (χ3v) is 3.65. The topological polar surface area (TPSA) is 44.4 Å². The number of hydrogen-bond donors (Lipinski definition) is 2. The Balaban J connectivity index is 2.36. The average Bonchev–Trinajstić information content (AvgIpc) is 2.36. The van der Waals surface area contributed by atoms with E-state index in [1.807, 2.05) is 0 Å². The maximum absolute atomic E-state index is 11.9. The maximum Gasteiger partial charge on any atom is 0.234 e. The first-order valence-electron chi connectivity index (χ1n) is 7.73. The molecule has 0 aromatic carbocycles. The number of amides is 1. The second-order valence-corrected chi connectivity index (χ2v) is 6.37. The summed E-state index contributed by atoms with van der Waals surface area (Å²) in [6, 6.07) is 0.961. The molecule has 2 N–H and O–H groups in total. The molecular formula is C15H31N3O. The summed E-state index contributed by atoms with van der Waals surface area (Å²) in [6.07, 6.45) is 3.83. The smallest absolute Gasteiger partial charge is 0.234 e. The summed E-state index contributed by atoms with van der Waals surface area (Å²) in [5, 5.41) is 6.56. The molecule has 1 rings (SSSR count). The van der Waals surface area contributed by atoms with Gasteiger partial charge < -0.3 is 10.6 Å². The summed E-state index contributed by atoms with van der Waals surface area (Å²) < 4.78 is 0. The molecule has 0 saturated carbocycles. The molecule has 0 aliphatic carbocycles. The first-order chi connectivity index (χ1) is 8.99. The number of piperidine rings is 1. The standard InChI is InChI=1S/C15H31N3O/c1-12(2)9-17-15(19)11-18(13(3)4)10-14-7-5-6-8-16-14/h12-14,16H,5-11H2,1-4H3,(H,17,19). The minimum Gasteiger partial charge on any atom is -0.355 e. The second kappa shape index (κ2) is 8.54. The Hall–Kier alpha value is -0.610. The zero-order chi connectivity index (χ0) is 14.3. The molecule has 1 heterocycles. The Bertz CT molecular complexity index is 260. The SMILES string of the molecule is CC(C)CNC(=O)CN(CC1CCCCN1)C(C)C. The summed E-state index contributed by atoms with van der Waals surface area (Å²) >= 11 is 0. The Morgan fingerprint density at radius 1 is 1.32 bits per heavy atom. The van der Waals surface area contributed by atoms with E-state index in [1.54, 1.807) is 0 Å². The van der Waals surface area contributed by atoms with Crippen LogP contribution >= 0.6 is 0 Å². The van der Waals surface area contributed by atoms with E-state index in [-0.39, 0.29) is 5.91 Å². The molecule has 1 atom stereocenters. The van der Waals surface area contributed by atoms with Crippen molar-refractivity contribution in [2.24, 2.45) is 5.92 Å². The lowest BCUT2D eigenvalue weighted by Crippen LogP contribution is -2.49. The molecule has 0 radical (unpaired) electrons. The highest BCUT2D eigenvalue weighted by molar-refractivity contribution is 5.78. The molecule has 1 amide bonds. The molecule has 0 aromatic rings. The summed E-state index contributed by atoms with van der Waals surface area (Å²) in [5.74, 6) is 0.662. The molecule has 1 aliphatic heterocycles. The van der Waals surface area contributed by atoms with Gasteiger partial charge in [0.1, 0.15) is 0 Å². The normalized spacial score (nSPS) is 20.3. The number of nitrogens with one attached hydrogen (secondary N) is 2. The number of hydrogen-bond acceptors (Lipinski definition) is 3. The molecule has 0 aromatic heterocycles. The fraction of sp³-hybridized carbons (Fsp3) is 0.933. The number of carbonyl (C=O) groups is 1. The third kappa shape index (κ3) is 6.92. The van der Waals surface area contributed by atoms with Crippen molar-refractivity contribution in [2.45, 2.75) is 59.0 Å². The van der Waals surface area contributed by atoms with Crippen molar-refractivity contribution < 1.29 is 4.79 Å². The van der Waals surface area contributed by atoms with Crippen molar-refractivity contribution in [2.75, 3.05) is 26.2 Å². The van der Waals surface area contributed by atoms with Crippen molar-refractivity contribution in [3.05, 3.63) is 0 Å². The minimum absolute atomic E-state index is 0.151. The average molecular weight is 269 g/mol. The van der Waals surface area contributed by atoms with E-state index in [9.17, 15) is 4.79 Å². The van der Waals surface area contributed by atoms with Gasteiger partial charge in [0.05, 0.1) is 6.54 Å². The Morgan fingerprint density at radius 3 is 2.58 bits per heavy atom. The molecular weight excluding hydrogens is 238 g/mol. The first kappa shape index (κ1) is 16.4. The summed E-state index contributed by atoms with van der Waals surface area (Å²) in [6.45, 7) is 12.0. The molecule has 4 heteroatoms. The number of carbonyl (C=O) groups excluding carboxylic acids is 1. The fourth-order valence-corrected chi connectivity index (χ4v) is 2.38. The highest BCUT2D eigenvalue weighted by Crippen LogP contribution is 2.10. The molecule has 0 spiro atoms. The van der Waals surface area contributed by atoms with Gasteiger partial charge in [-0.15, -0.1) is 0 Å². The van der Waals surface area contributed by atoms with E-state index in [1.165, 1.54) is 19.3 Å². The molecule has 1 unspecified atom stereocenters. The van der Waals surface area contributed by atoms with Gasteiger partial charge in [-0.2, -0.15) is 0 Å². The molecule has 1 aliphatic rings. The fourth-order valence-electron chi connectivity index (χ4n) is 2.38. The van der Waals surface area contributed by atoms with Crippen LogP contribution in [0.25, 0.3) is 0 Å². The van der Waals surface area contributed by atoms with Gasteiger partial charge >= 0.3 is 0 Å².